The van der Waals surface area contributed by atoms with E-state index in [2.05, 4.69) is 191 Å². The SMILES string of the molecule is CC.Cc1cc(-n2c3c(c4ccccc42)-c2ccccc2C3)ccc1-c1c(C)n(-c2ccccc2)c2cc(-n3c4c(c5ccccc53)-c3ccccc3C4)ccc12. The molecule has 10 aromatic rings. The minimum Gasteiger partial charge on any atom is -0.313 e. The molecule has 0 unspecified atom stereocenters. The van der Waals surface area contributed by atoms with Gasteiger partial charge in [0, 0.05) is 79.8 Å². The maximum Gasteiger partial charge on any atom is 0.0558 e. The van der Waals surface area contributed by atoms with Gasteiger partial charge < -0.3 is 13.7 Å². The van der Waals surface area contributed by atoms with E-state index in [0.29, 0.717) is 0 Å². The van der Waals surface area contributed by atoms with Gasteiger partial charge in [0.1, 0.15) is 0 Å². The number of aromatic nitrogens is 3. The highest BCUT2D eigenvalue weighted by atomic mass is 15.0. The van der Waals surface area contributed by atoms with E-state index in [0.717, 1.165) is 12.8 Å². The van der Waals surface area contributed by atoms with Crippen LogP contribution >= 0.6 is 0 Å². The summed E-state index contributed by atoms with van der Waals surface area (Å²) < 4.78 is 7.48. The van der Waals surface area contributed by atoms with Gasteiger partial charge in [-0.15, -0.1) is 0 Å². The lowest BCUT2D eigenvalue weighted by atomic mass is 9.97. The fraction of sp³-hybridized carbons (Fsp3) is 0.111. The zero-order valence-corrected chi connectivity index (χ0v) is 32.8. The van der Waals surface area contributed by atoms with Crippen molar-refractivity contribution in [2.45, 2.75) is 40.5 Å². The van der Waals surface area contributed by atoms with Crippen molar-refractivity contribution in [3.8, 4) is 50.4 Å². The van der Waals surface area contributed by atoms with E-state index in [1.807, 2.05) is 13.8 Å². The van der Waals surface area contributed by atoms with E-state index >= 15 is 0 Å². The Labute approximate surface area is 333 Å². The van der Waals surface area contributed by atoms with Crippen LogP contribution < -0.4 is 0 Å². The van der Waals surface area contributed by atoms with Crippen LogP contribution in [0.1, 0.15) is 47.6 Å². The monoisotopic (exact) mass is 733 g/mol. The molecule has 2 aliphatic carbocycles. The molecule has 2 aliphatic rings. The van der Waals surface area contributed by atoms with Gasteiger partial charge in [-0.05, 0) is 95.8 Å². The Kier molecular flexibility index (Phi) is 7.56. The van der Waals surface area contributed by atoms with E-state index in [1.165, 1.54) is 117 Å². The van der Waals surface area contributed by atoms with Crippen LogP contribution in [0.4, 0.5) is 0 Å². The Morgan fingerprint density at radius 3 is 1.46 bits per heavy atom. The molecule has 12 rings (SSSR count). The third-order valence-electron chi connectivity index (χ3n) is 12.4. The summed E-state index contributed by atoms with van der Waals surface area (Å²) in [6.45, 7) is 8.57. The van der Waals surface area contributed by atoms with Crippen molar-refractivity contribution in [2.75, 3.05) is 0 Å². The summed E-state index contributed by atoms with van der Waals surface area (Å²) in [4.78, 5) is 0. The van der Waals surface area contributed by atoms with Crippen molar-refractivity contribution in [1.82, 2.24) is 13.7 Å². The Hall–Kier alpha value is -6.84. The Balaban J connectivity index is 0.00000184. The summed E-state index contributed by atoms with van der Waals surface area (Å²) in [6.07, 6.45) is 1.87. The number of benzene rings is 7. The number of nitrogens with zero attached hydrogens (tertiary/aromatic N) is 3. The third-order valence-corrected chi connectivity index (χ3v) is 12.4. The predicted octanol–water partition coefficient (Wildman–Crippen LogP) is 14.0. The zero-order chi connectivity index (χ0) is 38.4. The first-order valence-electron chi connectivity index (χ1n) is 20.4. The lowest BCUT2D eigenvalue weighted by molar-refractivity contribution is 1.00. The van der Waals surface area contributed by atoms with Gasteiger partial charge in [-0.2, -0.15) is 0 Å². The van der Waals surface area contributed by atoms with Gasteiger partial charge in [-0.1, -0.05) is 129 Å². The molecule has 0 saturated heterocycles. The first-order chi connectivity index (χ1) is 28.1. The summed E-state index contributed by atoms with van der Waals surface area (Å²) in [5, 5.41) is 3.91. The number of hydrogen-bond donors (Lipinski definition) is 0. The quantitative estimate of drug-likeness (QED) is 0.171. The van der Waals surface area contributed by atoms with Crippen LogP contribution in [0.3, 0.4) is 0 Å². The minimum absolute atomic E-state index is 0.930. The van der Waals surface area contributed by atoms with Crippen molar-refractivity contribution >= 4 is 32.7 Å². The minimum atomic E-state index is 0.930. The number of fused-ring (bicyclic) bond motifs is 11. The fourth-order valence-electron chi connectivity index (χ4n) is 10.2. The molecule has 3 nitrogen and oxygen atoms in total. The second-order valence-corrected chi connectivity index (χ2v) is 15.3. The second-order valence-electron chi connectivity index (χ2n) is 15.3. The summed E-state index contributed by atoms with van der Waals surface area (Å²) in [5.74, 6) is 0. The standard InChI is InChI=1S/C52H37N3.C2H6/c1-32-28-37(54-45-22-12-10-20-42(45)51-40-18-8-6-14-34(40)29-48(51)54)24-26-39(32)50-33(2)53(36-16-4-3-5-17-36)47-31-38(25-27-44(47)50)55-46-23-13-11-21-43(46)52-41-19-9-7-15-35(41)30-49(52)55;1-2/h3-28,31H,29-30H2,1-2H3;1-2H3. The molecule has 7 aromatic carbocycles. The van der Waals surface area contributed by atoms with Crippen LogP contribution in [-0.2, 0) is 12.8 Å². The average Bonchev–Trinajstić information content (AvgIpc) is 4.04. The van der Waals surface area contributed by atoms with Gasteiger partial charge in [0.25, 0.3) is 0 Å². The van der Waals surface area contributed by atoms with E-state index < -0.39 is 0 Å². The molecular formula is C54H43N3. The predicted molar refractivity (Wildman–Crippen MR) is 240 cm³/mol. The van der Waals surface area contributed by atoms with Gasteiger partial charge in [0.15, 0.2) is 0 Å². The summed E-state index contributed by atoms with van der Waals surface area (Å²) >= 11 is 0. The summed E-state index contributed by atoms with van der Waals surface area (Å²) in [6, 6.07) is 60.7. The molecule has 0 atom stereocenters. The molecule has 0 N–H and O–H groups in total. The van der Waals surface area contributed by atoms with Gasteiger partial charge in [0.2, 0.25) is 0 Å². The lowest BCUT2D eigenvalue weighted by Gasteiger charge is -2.14. The molecular weight excluding hydrogens is 691 g/mol. The Morgan fingerprint density at radius 2 is 0.860 bits per heavy atom. The molecule has 3 heterocycles. The van der Waals surface area contributed by atoms with E-state index in [1.54, 1.807) is 0 Å². The number of rotatable bonds is 4. The van der Waals surface area contributed by atoms with Crippen molar-refractivity contribution in [1.29, 1.82) is 0 Å². The molecule has 0 saturated carbocycles. The van der Waals surface area contributed by atoms with Gasteiger partial charge in [0.05, 0.1) is 16.6 Å². The molecule has 0 aliphatic heterocycles. The molecule has 0 amide bonds. The second kappa shape index (κ2) is 12.9. The topological polar surface area (TPSA) is 14.8 Å². The molecule has 0 fully saturated rings. The molecule has 274 valence electrons. The van der Waals surface area contributed by atoms with Crippen LogP contribution in [0.2, 0.25) is 0 Å². The van der Waals surface area contributed by atoms with Gasteiger partial charge in [-0.25, -0.2) is 0 Å². The van der Waals surface area contributed by atoms with Crippen molar-refractivity contribution < 1.29 is 0 Å². The van der Waals surface area contributed by atoms with Crippen molar-refractivity contribution in [3.05, 3.63) is 198 Å². The van der Waals surface area contributed by atoms with Crippen molar-refractivity contribution in [2.24, 2.45) is 0 Å². The van der Waals surface area contributed by atoms with Crippen molar-refractivity contribution in [3.63, 3.8) is 0 Å². The first kappa shape index (κ1) is 33.5. The van der Waals surface area contributed by atoms with E-state index in [-0.39, 0.29) is 0 Å². The summed E-state index contributed by atoms with van der Waals surface area (Å²) in [7, 11) is 0. The maximum atomic E-state index is 2.51. The van der Waals surface area contributed by atoms with Crippen LogP contribution in [-0.4, -0.2) is 13.7 Å². The highest BCUT2D eigenvalue weighted by molar-refractivity contribution is 6.05. The molecule has 0 bridgehead atoms. The maximum absolute atomic E-state index is 2.51. The highest BCUT2D eigenvalue weighted by Crippen LogP contribution is 2.47. The first-order valence-corrected chi connectivity index (χ1v) is 20.4. The molecule has 0 spiro atoms. The average molecular weight is 734 g/mol. The number of para-hydroxylation sites is 3. The molecule has 3 heteroatoms. The zero-order valence-electron chi connectivity index (χ0n) is 32.8. The van der Waals surface area contributed by atoms with E-state index in [4.69, 9.17) is 0 Å². The lowest BCUT2D eigenvalue weighted by Crippen LogP contribution is -2.01. The van der Waals surface area contributed by atoms with Crippen LogP contribution in [0.15, 0.2) is 164 Å². The normalized spacial score (nSPS) is 12.4. The fourth-order valence-corrected chi connectivity index (χ4v) is 10.2. The molecule has 0 radical (unpaired) electrons. The smallest absolute Gasteiger partial charge is 0.0558 e. The summed E-state index contributed by atoms with van der Waals surface area (Å²) in [5.41, 5.74) is 23.5. The largest absolute Gasteiger partial charge is 0.313 e. The molecule has 3 aromatic heterocycles. The number of aryl methyl sites for hydroxylation is 1. The number of hydrogen-bond acceptors (Lipinski definition) is 0. The van der Waals surface area contributed by atoms with Gasteiger partial charge in [-0.3, -0.25) is 0 Å². The highest BCUT2D eigenvalue weighted by Gasteiger charge is 2.29. The van der Waals surface area contributed by atoms with Crippen LogP contribution in [0, 0.1) is 13.8 Å². The Morgan fingerprint density at radius 1 is 0.368 bits per heavy atom. The Bertz CT molecular complexity index is 3220. The van der Waals surface area contributed by atoms with Crippen LogP contribution in [0.5, 0.6) is 0 Å². The third kappa shape index (κ3) is 4.79. The van der Waals surface area contributed by atoms with E-state index in [9.17, 15) is 0 Å². The molecule has 57 heavy (non-hydrogen) atoms. The van der Waals surface area contributed by atoms with Gasteiger partial charge >= 0.3 is 0 Å². The van der Waals surface area contributed by atoms with Crippen LogP contribution in [0.25, 0.3) is 83.2 Å².